The monoisotopic (exact) mass is 481 g/mol. The van der Waals surface area contributed by atoms with Crippen LogP contribution in [0, 0.1) is 5.92 Å². The average Bonchev–Trinajstić information content (AvgIpc) is 3.28. The molecule has 4 aromatic rings. The van der Waals surface area contributed by atoms with Gasteiger partial charge in [0.15, 0.2) is 0 Å². The summed E-state index contributed by atoms with van der Waals surface area (Å²) in [6.45, 7) is 0.399. The predicted octanol–water partition coefficient (Wildman–Crippen LogP) is 7.09. The van der Waals surface area contributed by atoms with Crippen molar-refractivity contribution in [2.75, 3.05) is 5.32 Å². The molecule has 174 valence electrons. The molecule has 1 heterocycles. The fourth-order valence-electron chi connectivity index (χ4n) is 5.64. The van der Waals surface area contributed by atoms with Crippen LogP contribution in [0.3, 0.4) is 0 Å². The Hall–Kier alpha value is -3.76. The summed E-state index contributed by atoms with van der Waals surface area (Å²) in [5.74, 6) is 0.297. The van der Waals surface area contributed by atoms with Gasteiger partial charge in [-0.15, -0.1) is 0 Å². The standard InChI is InChI=1S/C30H24ClNO3/c31-26-11-4-2-7-20(26)17-35-21-14-12-18(13-15-21)28-25-16-19-6-1-3-8-22(19)27(25)23-9-5-10-24(30(33)34)29(23)32-28/h1-15,25,27-28,32H,16-17H2,(H,33,34)/t25-,27+,28-/m1/s1. The molecule has 0 fully saturated rings. The van der Waals surface area contributed by atoms with E-state index in [1.165, 1.54) is 11.1 Å². The summed E-state index contributed by atoms with van der Waals surface area (Å²) in [4.78, 5) is 12.0. The van der Waals surface area contributed by atoms with Gasteiger partial charge in [0.1, 0.15) is 12.4 Å². The number of carbonyl (C=O) groups is 1. The Bertz CT molecular complexity index is 1420. The summed E-state index contributed by atoms with van der Waals surface area (Å²) < 4.78 is 5.98. The number of hydrogen-bond donors (Lipinski definition) is 2. The molecule has 0 saturated heterocycles. The second-order valence-corrected chi connectivity index (χ2v) is 9.60. The first-order chi connectivity index (χ1) is 17.1. The van der Waals surface area contributed by atoms with Crippen LogP contribution in [-0.4, -0.2) is 11.1 Å². The van der Waals surface area contributed by atoms with E-state index in [4.69, 9.17) is 16.3 Å². The van der Waals surface area contributed by atoms with Crippen molar-refractivity contribution in [3.63, 3.8) is 0 Å². The van der Waals surface area contributed by atoms with Crippen LogP contribution in [0.25, 0.3) is 0 Å². The zero-order valence-corrected chi connectivity index (χ0v) is 19.7. The number of halogens is 1. The minimum Gasteiger partial charge on any atom is -0.489 e. The smallest absolute Gasteiger partial charge is 0.337 e. The lowest BCUT2D eigenvalue weighted by molar-refractivity contribution is 0.0697. The molecule has 2 N–H and O–H groups in total. The number of fused-ring (bicyclic) bond motifs is 5. The maximum Gasteiger partial charge on any atom is 0.337 e. The number of ether oxygens (including phenoxy) is 1. The third-order valence-corrected chi connectivity index (χ3v) is 7.62. The highest BCUT2D eigenvalue weighted by Gasteiger charge is 2.44. The summed E-state index contributed by atoms with van der Waals surface area (Å²) in [5, 5.41) is 14.2. The highest BCUT2D eigenvalue weighted by Crippen LogP contribution is 2.54. The van der Waals surface area contributed by atoms with Gasteiger partial charge in [0.25, 0.3) is 0 Å². The minimum atomic E-state index is -0.916. The van der Waals surface area contributed by atoms with Gasteiger partial charge in [-0.1, -0.05) is 78.3 Å². The van der Waals surface area contributed by atoms with Crippen molar-refractivity contribution >= 4 is 23.3 Å². The van der Waals surface area contributed by atoms with E-state index in [9.17, 15) is 9.90 Å². The molecule has 5 heteroatoms. The van der Waals surface area contributed by atoms with Gasteiger partial charge < -0.3 is 15.2 Å². The average molecular weight is 482 g/mol. The number of anilines is 1. The Morgan fingerprint density at radius 1 is 0.914 bits per heavy atom. The Morgan fingerprint density at radius 2 is 1.66 bits per heavy atom. The first kappa shape index (κ1) is 21.8. The molecule has 1 aliphatic heterocycles. The summed E-state index contributed by atoms with van der Waals surface area (Å²) in [7, 11) is 0. The Balaban J connectivity index is 1.33. The second kappa shape index (κ2) is 8.79. The van der Waals surface area contributed by atoms with E-state index < -0.39 is 5.97 Å². The third-order valence-electron chi connectivity index (χ3n) is 7.26. The van der Waals surface area contributed by atoms with E-state index in [-0.39, 0.29) is 12.0 Å². The highest BCUT2D eigenvalue weighted by atomic mass is 35.5. The molecule has 4 aromatic carbocycles. The van der Waals surface area contributed by atoms with Crippen LogP contribution < -0.4 is 10.1 Å². The van der Waals surface area contributed by atoms with Gasteiger partial charge >= 0.3 is 5.97 Å². The van der Waals surface area contributed by atoms with E-state index in [0.29, 0.717) is 23.1 Å². The zero-order valence-electron chi connectivity index (χ0n) is 18.9. The van der Waals surface area contributed by atoms with E-state index in [0.717, 1.165) is 34.5 Å². The molecule has 35 heavy (non-hydrogen) atoms. The van der Waals surface area contributed by atoms with Gasteiger partial charge in [0.2, 0.25) is 0 Å². The lowest BCUT2D eigenvalue weighted by Crippen LogP contribution is -2.31. The van der Waals surface area contributed by atoms with Gasteiger partial charge in [-0.25, -0.2) is 4.79 Å². The third kappa shape index (κ3) is 3.84. The van der Waals surface area contributed by atoms with E-state index in [1.54, 1.807) is 6.07 Å². The van der Waals surface area contributed by atoms with Gasteiger partial charge in [-0.3, -0.25) is 0 Å². The maximum atomic E-state index is 12.0. The topological polar surface area (TPSA) is 58.6 Å². The quantitative estimate of drug-likeness (QED) is 0.319. The summed E-state index contributed by atoms with van der Waals surface area (Å²) in [5.41, 5.74) is 6.79. The largest absolute Gasteiger partial charge is 0.489 e. The zero-order chi connectivity index (χ0) is 23.9. The Morgan fingerprint density at radius 3 is 2.46 bits per heavy atom. The van der Waals surface area contributed by atoms with Crippen molar-refractivity contribution in [2.45, 2.75) is 25.0 Å². The Labute approximate surface area is 209 Å². The molecule has 1 aliphatic carbocycles. The summed E-state index contributed by atoms with van der Waals surface area (Å²) in [6.07, 6.45) is 0.944. The number of para-hydroxylation sites is 1. The highest BCUT2D eigenvalue weighted by molar-refractivity contribution is 6.31. The van der Waals surface area contributed by atoms with Crippen molar-refractivity contribution in [1.82, 2.24) is 0 Å². The van der Waals surface area contributed by atoms with Crippen molar-refractivity contribution < 1.29 is 14.6 Å². The van der Waals surface area contributed by atoms with E-state index in [1.807, 2.05) is 42.5 Å². The number of carboxylic acids is 1. The molecular formula is C30H24ClNO3. The molecule has 6 rings (SSSR count). The van der Waals surface area contributed by atoms with Gasteiger partial charge in [-0.2, -0.15) is 0 Å². The summed E-state index contributed by atoms with van der Waals surface area (Å²) in [6, 6.07) is 29.9. The lowest BCUT2D eigenvalue weighted by atomic mass is 9.75. The molecule has 0 amide bonds. The van der Waals surface area contributed by atoms with Crippen LogP contribution >= 0.6 is 11.6 Å². The number of nitrogens with one attached hydrogen (secondary N) is 1. The van der Waals surface area contributed by atoms with Crippen LogP contribution in [0.2, 0.25) is 5.02 Å². The van der Waals surface area contributed by atoms with Crippen molar-refractivity contribution in [1.29, 1.82) is 0 Å². The molecule has 4 nitrogen and oxygen atoms in total. The van der Waals surface area contributed by atoms with E-state index >= 15 is 0 Å². The SMILES string of the molecule is O=C(O)c1cccc2c1N[C@H](c1ccc(OCc3ccccc3Cl)cc1)[C@@H]1Cc3ccccc3[C@@H]21. The molecule has 0 radical (unpaired) electrons. The molecule has 0 spiro atoms. The molecule has 0 unspecified atom stereocenters. The van der Waals surface area contributed by atoms with E-state index in [2.05, 4.69) is 47.8 Å². The van der Waals surface area contributed by atoms with Crippen LogP contribution in [0.1, 0.15) is 50.1 Å². The van der Waals surface area contributed by atoms with Gasteiger partial charge in [0.05, 0.1) is 17.3 Å². The second-order valence-electron chi connectivity index (χ2n) is 9.19. The molecule has 0 aromatic heterocycles. The number of rotatable bonds is 5. The first-order valence-electron chi connectivity index (χ1n) is 11.8. The molecular weight excluding hydrogens is 458 g/mol. The molecule has 0 saturated carbocycles. The molecule has 0 bridgehead atoms. The van der Waals surface area contributed by atoms with Crippen LogP contribution in [0.4, 0.5) is 5.69 Å². The summed E-state index contributed by atoms with van der Waals surface area (Å²) >= 11 is 6.25. The Kier molecular flexibility index (Phi) is 5.46. The fourth-order valence-corrected chi connectivity index (χ4v) is 5.83. The molecule has 3 atom stereocenters. The van der Waals surface area contributed by atoms with Gasteiger partial charge in [0, 0.05) is 16.5 Å². The van der Waals surface area contributed by atoms with Crippen molar-refractivity contribution in [3.8, 4) is 5.75 Å². The van der Waals surface area contributed by atoms with Crippen LogP contribution in [0.5, 0.6) is 5.75 Å². The normalized spacial score (nSPS) is 19.7. The van der Waals surface area contributed by atoms with Crippen molar-refractivity contribution in [2.24, 2.45) is 5.92 Å². The number of benzene rings is 4. The number of aromatic carboxylic acids is 1. The van der Waals surface area contributed by atoms with Crippen molar-refractivity contribution in [3.05, 3.63) is 129 Å². The minimum absolute atomic E-state index is 0.0157. The molecule has 2 aliphatic rings. The number of carboxylic acid groups (broad SMARTS) is 1. The number of hydrogen-bond acceptors (Lipinski definition) is 3. The lowest BCUT2D eigenvalue weighted by Gasteiger charge is -2.38. The predicted molar refractivity (Wildman–Crippen MR) is 137 cm³/mol. The van der Waals surface area contributed by atoms with Crippen LogP contribution in [-0.2, 0) is 13.0 Å². The van der Waals surface area contributed by atoms with Gasteiger partial charge in [-0.05, 0) is 58.9 Å². The fraction of sp³-hybridized carbons (Fsp3) is 0.167. The first-order valence-corrected chi connectivity index (χ1v) is 12.1. The van der Waals surface area contributed by atoms with Crippen LogP contribution in [0.15, 0.2) is 91.0 Å². The maximum absolute atomic E-state index is 12.0.